The first-order valence-electron chi connectivity index (χ1n) is 13.6. The Balaban J connectivity index is 1.39. The highest BCUT2D eigenvalue weighted by Crippen LogP contribution is 2.66. The number of aliphatic hydroxyl groups is 1. The molecule has 214 valence electrons. The number of fused-ring (bicyclic) bond motifs is 5. The van der Waals surface area contributed by atoms with Gasteiger partial charge in [0.2, 0.25) is 11.7 Å². The average Bonchev–Trinajstić information content (AvgIpc) is 3.15. The van der Waals surface area contributed by atoms with Crippen LogP contribution < -0.4 is 5.32 Å². The van der Waals surface area contributed by atoms with Crippen molar-refractivity contribution in [2.24, 2.45) is 28.6 Å². The van der Waals surface area contributed by atoms with Crippen molar-refractivity contribution in [3.63, 3.8) is 0 Å². The third-order valence-electron chi connectivity index (χ3n) is 10.0. The van der Waals surface area contributed by atoms with Gasteiger partial charge in [-0.15, -0.1) is 0 Å². The third-order valence-corrected chi connectivity index (χ3v) is 10.4. The Bertz CT molecular complexity index is 1130. The minimum atomic E-state index is -1.82. The minimum absolute atomic E-state index is 0.00127. The van der Waals surface area contributed by atoms with E-state index >= 15 is 0 Å². The van der Waals surface area contributed by atoms with E-state index in [-0.39, 0.29) is 66.2 Å². The molecule has 0 aromatic carbocycles. The van der Waals surface area contributed by atoms with Gasteiger partial charge in [0, 0.05) is 36.3 Å². The lowest BCUT2D eigenvalue weighted by Gasteiger charge is -2.57. The molecule has 0 aliphatic heterocycles. The van der Waals surface area contributed by atoms with Crippen LogP contribution in [0.2, 0.25) is 0 Å². The maximum atomic E-state index is 13.7. The molecule has 0 radical (unpaired) electrons. The van der Waals surface area contributed by atoms with Crippen LogP contribution in [-0.4, -0.2) is 69.4 Å². The Morgan fingerprint density at radius 3 is 2.51 bits per heavy atom. The largest absolute Gasteiger partial charge is 0.480 e. The van der Waals surface area contributed by atoms with Gasteiger partial charge in [-0.3, -0.25) is 24.0 Å². The summed E-state index contributed by atoms with van der Waals surface area (Å²) in [6, 6.07) is -1.18. The zero-order chi connectivity index (χ0) is 28.8. The lowest BCUT2D eigenvalue weighted by atomic mass is 9.46. The van der Waals surface area contributed by atoms with E-state index in [0.29, 0.717) is 19.3 Å². The number of rotatable bonds is 9. The van der Waals surface area contributed by atoms with E-state index in [0.717, 1.165) is 18.4 Å². The number of carbonyl (C=O) groups excluding carboxylic acids is 5. The molecule has 39 heavy (non-hydrogen) atoms. The second-order valence-electron chi connectivity index (χ2n) is 12.0. The number of aliphatic carboxylic acids is 1. The lowest BCUT2D eigenvalue weighted by molar-refractivity contribution is -0.173. The fraction of sp³-hybridized carbons (Fsp3) is 0.714. The number of ether oxygens (including phenoxy) is 1. The Labute approximate surface area is 232 Å². The van der Waals surface area contributed by atoms with E-state index in [1.54, 1.807) is 13.0 Å². The summed E-state index contributed by atoms with van der Waals surface area (Å²) in [6.07, 6.45) is 4.32. The van der Waals surface area contributed by atoms with Gasteiger partial charge in [-0.05, 0) is 55.4 Å². The molecule has 3 N–H and O–H groups in total. The van der Waals surface area contributed by atoms with Crippen molar-refractivity contribution < 1.29 is 43.7 Å². The van der Waals surface area contributed by atoms with Crippen molar-refractivity contribution in [2.45, 2.75) is 83.3 Å². The fourth-order valence-corrected chi connectivity index (χ4v) is 8.10. The van der Waals surface area contributed by atoms with Gasteiger partial charge in [-0.1, -0.05) is 19.4 Å². The van der Waals surface area contributed by atoms with Crippen molar-refractivity contribution in [3.05, 3.63) is 11.6 Å². The van der Waals surface area contributed by atoms with E-state index in [1.807, 2.05) is 0 Å². The third kappa shape index (κ3) is 5.08. The van der Waals surface area contributed by atoms with Gasteiger partial charge in [0.1, 0.15) is 17.4 Å². The highest BCUT2D eigenvalue weighted by atomic mass is 32.1. The number of hydrogen-bond acceptors (Lipinski definition) is 9. The average molecular weight is 564 g/mol. The zero-order valence-corrected chi connectivity index (χ0v) is 23.3. The Morgan fingerprint density at radius 1 is 1.13 bits per heavy atom. The van der Waals surface area contributed by atoms with Gasteiger partial charge in [0.05, 0.1) is 6.42 Å². The van der Waals surface area contributed by atoms with E-state index in [9.17, 15) is 33.9 Å². The number of thiol groups is 1. The maximum Gasteiger partial charge on any atom is 0.327 e. The van der Waals surface area contributed by atoms with Crippen LogP contribution in [-0.2, 0) is 33.5 Å². The molecule has 0 unspecified atom stereocenters. The molecule has 4 aliphatic rings. The number of nitrogens with one attached hydrogen (secondary N) is 1. The molecule has 0 aromatic rings. The minimum Gasteiger partial charge on any atom is -0.480 e. The highest BCUT2D eigenvalue weighted by molar-refractivity contribution is 7.80. The predicted octanol–water partition coefficient (Wildman–Crippen LogP) is 1.82. The number of hydrogen-bond donors (Lipinski definition) is 4. The van der Waals surface area contributed by atoms with Gasteiger partial charge in [0.15, 0.2) is 12.4 Å². The molecule has 4 rings (SSSR count). The van der Waals surface area contributed by atoms with Crippen LogP contribution in [0.25, 0.3) is 0 Å². The SMILES string of the molecule is C[C@]12CCC(=O)C=C1CC[C@H]1[C@H]2C(=O)C[C@@]2(C)[C@H]1CC[C@]2(O)C(=O)COC(=O)CCC(=O)N[C@@H](CS)C(=O)O. The number of carbonyl (C=O) groups is 6. The van der Waals surface area contributed by atoms with Crippen LogP contribution in [0.5, 0.6) is 0 Å². The van der Waals surface area contributed by atoms with Crippen LogP contribution >= 0.6 is 12.6 Å². The van der Waals surface area contributed by atoms with Crippen LogP contribution in [0.1, 0.15) is 71.6 Å². The first kappa shape index (κ1) is 29.5. The molecule has 3 fully saturated rings. The number of ketones is 3. The van der Waals surface area contributed by atoms with Gasteiger partial charge in [-0.25, -0.2) is 4.79 Å². The summed E-state index contributed by atoms with van der Waals surface area (Å²) in [5.74, 6) is -3.70. The Morgan fingerprint density at radius 2 is 1.85 bits per heavy atom. The number of allylic oxidation sites excluding steroid dienone is 1. The molecule has 3 saturated carbocycles. The van der Waals surface area contributed by atoms with Crippen molar-refractivity contribution in [1.82, 2.24) is 5.32 Å². The number of amides is 1. The van der Waals surface area contributed by atoms with E-state index in [4.69, 9.17) is 9.84 Å². The highest BCUT2D eigenvalue weighted by Gasteiger charge is 2.68. The Hall–Kier alpha value is -2.53. The summed E-state index contributed by atoms with van der Waals surface area (Å²) >= 11 is 3.86. The van der Waals surface area contributed by atoms with Gasteiger partial charge in [-0.2, -0.15) is 12.6 Å². The topological polar surface area (TPSA) is 164 Å². The molecule has 0 spiro atoms. The number of esters is 1. The molecule has 0 heterocycles. The van der Waals surface area contributed by atoms with Crippen LogP contribution in [0.15, 0.2) is 11.6 Å². The molecular weight excluding hydrogens is 526 g/mol. The number of Topliss-reactive ketones (excluding diaryl/α,β-unsaturated/α-hetero) is 2. The fourth-order valence-electron chi connectivity index (χ4n) is 7.85. The zero-order valence-electron chi connectivity index (χ0n) is 22.4. The van der Waals surface area contributed by atoms with Gasteiger partial charge < -0.3 is 20.3 Å². The lowest BCUT2D eigenvalue weighted by Crippen LogP contribution is -2.61. The van der Waals surface area contributed by atoms with Gasteiger partial charge in [0.25, 0.3) is 0 Å². The number of carboxylic acid groups (broad SMARTS) is 1. The maximum absolute atomic E-state index is 13.7. The molecule has 0 saturated heterocycles. The standard InChI is InChI=1S/C28H37NO9S/c1-26-9-7-16(30)11-15(26)3-4-17-18-8-10-28(37,27(18,2)12-20(31)24(17)26)21(32)13-38-23(34)6-5-22(33)29-19(14-39)25(35)36/h11,17-19,24,37,39H,3-10,12-14H2,1-2H3,(H,29,33)(H,35,36)/t17-,18+,19+,24+,26+,27+,28+/m1/s1. The van der Waals surface area contributed by atoms with E-state index in [2.05, 4.69) is 24.9 Å². The molecular formula is C28H37NO9S. The first-order valence-corrected chi connectivity index (χ1v) is 14.2. The molecule has 10 nitrogen and oxygen atoms in total. The molecule has 4 aliphatic carbocycles. The summed E-state index contributed by atoms with van der Waals surface area (Å²) in [5, 5.41) is 22.9. The molecule has 7 atom stereocenters. The first-order chi connectivity index (χ1) is 18.3. The summed E-state index contributed by atoms with van der Waals surface area (Å²) in [6.45, 7) is 3.19. The molecule has 0 bridgehead atoms. The second kappa shape index (κ2) is 10.8. The van der Waals surface area contributed by atoms with Crippen molar-refractivity contribution >= 4 is 47.8 Å². The molecule has 0 aromatic heterocycles. The summed E-state index contributed by atoms with van der Waals surface area (Å²) in [7, 11) is 0. The van der Waals surface area contributed by atoms with Crippen LogP contribution in [0, 0.1) is 28.6 Å². The van der Waals surface area contributed by atoms with E-state index < -0.39 is 47.3 Å². The van der Waals surface area contributed by atoms with Gasteiger partial charge >= 0.3 is 11.9 Å². The monoisotopic (exact) mass is 563 g/mol. The Kier molecular flexibility index (Phi) is 8.16. The smallest absolute Gasteiger partial charge is 0.327 e. The molecule has 11 heteroatoms. The second-order valence-corrected chi connectivity index (χ2v) is 12.4. The van der Waals surface area contributed by atoms with Crippen molar-refractivity contribution in [2.75, 3.05) is 12.4 Å². The summed E-state index contributed by atoms with van der Waals surface area (Å²) < 4.78 is 5.08. The van der Waals surface area contributed by atoms with E-state index in [1.165, 1.54) is 0 Å². The quantitative estimate of drug-likeness (QED) is 0.242. The van der Waals surface area contributed by atoms with Crippen LogP contribution in [0.4, 0.5) is 0 Å². The summed E-state index contributed by atoms with van der Waals surface area (Å²) in [4.78, 5) is 74.1. The van der Waals surface area contributed by atoms with Crippen molar-refractivity contribution in [1.29, 1.82) is 0 Å². The normalized spacial score (nSPS) is 36.1. The summed E-state index contributed by atoms with van der Waals surface area (Å²) in [5.41, 5.74) is -2.14. The number of carboxylic acids is 1. The predicted molar refractivity (Wildman–Crippen MR) is 141 cm³/mol. The van der Waals surface area contributed by atoms with Crippen molar-refractivity contribution in [3.8, 4) is 0 Å². The molecule has 1 amide bonds. The van der Waals surface area contributed by atoms with Crippen LogP contribution in [0.3, 0.4) is 0 Å².